The number of rotatable bonds is 7. The van der Waals surface area contributed by atoms with Gasteiger partial charge in [0.1, 0.15) is 0 Å². The first kappa shape index (κ1) is 15.0. The maximum absolute atomic E-state index is 10.5. The summed E-state index contributed by atoms with van der Waals surface area (Å²) in [7, 11) is 0. The predicted molar refractivity (Wildman–Crippen MR) is 80.3 cm³/mol. The third-order valence-electron chi connectivity index (χ3n) is 3.59. The second-order valence-electron chi connectivity index (χ2n) is 5.71. The summed E-state index contributed by atoms with van der Waals surface area (Å²) in [6.07, 6.45) is 4.01. The fraction of sp³-hybridized carbons (Fsp3) is 0.786. The topological polar surface area (TPSA) is 50.1 Å². The molecule has 0 bridgehead atoms. The maximum atomic E-state index is 10.5. The van der Waals surface area contributed by atoms with Crippen LogP contribution >= 0.6 is 15.9 Å². The van der Waals surface area contributed by atoms with Crippen molar-refractivity contribution in [3.05, 3.63) is 15.9 Å². The number of nitrogens with one attached hydrogen (secondary N) is 1. The number of hydrogen-bond acceptors (Lipinski definition) is 3. The van der Waals surface area contributed by atoms with E-state index in [-0.39, 0.29) is 0 Å². The van der Waals surface area contributed by atoms with E-state index in [1.807, 2.05) is 11.6 Å². The highest BCUT2D eigenvalue weighted by Crippen LogP contribution is 2.26. The Hall–Kier alpha value is -0.390. The van der Waals surface area contributed by atoms with Gasteiger partial charge in [-0.3, -0.25) is 4.68 Å². The van der Waals surface area contributed by atoms with Gasteiger partial charge in [0.25, 0.3) is 0 Å². The van der Waals surface area contributed by atoms with Crippen molar-refractivity contribution in [2.75, 3.05) is 6.54 Å². The van der Waals surface area contributed by atoms with Gasteiger partial charge >= 0.3 is 0 Å². The van der Waals surface area contributed by atoms with E-state index in [1.54, 1.807) is 0 Å². The molecule has 108 valence electrons. The van der Waals surface area contributed by atoms with Gasteiger partial charge in [0, 0.05) is 25.6 Å². The molecule has 1 unspecified atom stereocenters. The fourth-order valence-electron chi connectivity index (χ4n) is 2.26. The fourth-order valence-corrected chi connectivity index (χ4v) is 2.97. The van der Waals surface area contributed by atoms with Crippen LogP contribution in [0.3, 0.4) is 0 Å². The Morgan fingerprint density at radius 2 is 2.16 bits per heavy atom. The molecule has 5 heteroatoms. The van der Waals surface area contributed by atoms with Crippen molar-refractivity contribution in [2.45, 2.75) is 64.6 Å². The zero-order chi connectivity index (χ0) is 14.0. The van der Waals surface area contributed by atoms with Crippen molar-refractivity contribution in [1.29, 1.82) is 0 Å². The minimum atomic E-state index is -0.733. The van der Waals surface area contributed by atoms with Gasteiger partial charge < -0.3 is 10.4 Å². The number of halogens is 1. The summed E-state index contributed by atoms with van der Waals surface area (Å²) in [6.45, 7) is 7.55. The standard InChI is InChI=1S/C14H24BrN3O/c1-4-11-13(15)12(18(5-2)17-11)8-14(3,19)9-16-10-6-7-10/h10,16,19H,4-9H2,1-3H3. The van der Waals surface area contributed by atoms with Crippen molar-refractivity contribution in [3.8, 4) is 0 Å². The number of aliphatic hydroxyl groups is 1. The van der Waals surface area contributed by atoms with Crippen molar-refractivity contribution in [1.82, 2.24) is 15.1 Å². The summed E-state index contributed by atoms with van der Waals surface area (Å²) >= 11 is 3.63. The number of aromatic nitrogens is 2. The Labute approximate surface area is 123 Å². The molecule has 1 aliphatic carbocycles. The van der Waals surface area contributed by atoms with Crippen LogP contribution in [0.15, 0.2) is 4.47 Å². The molecule has 2 N–H and O–H groups in total. The molecule has 1 aliphatic rings. The van der Waals surface area contributed by atoms with Gasteiger partial charge in [-0.05, 0) is 49.0 Å². The molecule has 1 heterocycles. The van der Waals surface area contributed by atoms with E-state index >= 15 is 0 Å². The van der Waals surface area contributed by atoms with Crippen LogP contribution in [0.5, 0.6) is 0 Å². The van der Waals surface area contributed by atoms with Crippen molar-refractivity contribution < 1.29 is 5.11 Å². The highest BCUT2D eigenvalue weighted by atomic mass is 79.9. The third kappa shape index (κ3) is 3.80. The van der Waals surface area contributed by atoms with Crippen molar-refractivity contribution >= 4 is 15.9 Å². The third-order valence-corrected chi connectivity index (χ3v) is 4.51. The molecular weight excluding hydrogens is 306 g/mol. The molecule has 1 aromatic heterocycles. The molecule has 0 saturated heterocycles. The molecule has 4 nitrogen and oxygen atoms in total. The smallest absolute Gasteiger partial charge is 0.0799 e. The number of hydrogen-bond donors (Lipinski definition) is 2. The van der Waals surface area contributed by atoms with Gasteiger partial charge in [-0.15, -0.1) is 0 Å². The zero-order valence-electron chi connectivity index (χ0n) is 12.0. The maximum Gasteiger partial charge on any atom is 0.0799 e. The average molecular weight is 330 g/mol. The molecule has 1 fully saturated rings. The van der Waals surface area contributed by atoms with Crippen LogP contribution in [0.4, 0.5) is 0 Å². The quantitative estimate of drug-likeness (QED) is 0.806. The van der Waals surface area contributed by atoms with Crippen LogP contribution in [0, 0.1) is 0 Å². The second-order valence-corrected chi connectivity index (χ2v) is 6.50. The number of aryl methyl sites for hydroxylation is 2. The Bertz CT molecular complexity index is 438. The van der Waals surface area contributed by atoms with E-state index in [1.165, 1.54) is 12.8 Å². The van der Waals surface area contributed by atoms with Gasteiger partial charge in [0.15, 0.2) is 0 Å². The largest absolute Gasteiger partial charge is 0.388 e. The highest BCUT2D eigenvalue weighted by molar-refractivity contribution is 9.10. The molecule has 19 heavy (non-hydrogen) atoms. The van der Waals surface area contributed by atoms with Crippen LogP contribution in [0.1, 0.15) is 45.0 Å². The van der Waals surface area contributed by atoms with Gasteiger partial charge in [0.2, 0.25) is 0 Å². The van der Waals surface area contributed by atoms with E-state index in [0.29, 0.717) is 19.0 Å². The van der Waals surface area contributed by atoms with E-state index in [9.17, 15) is 5.11 Å². The van der Waals surface area contributed by atoms with Crippen molar-refractivity contribution in [2.24, 2.45) is 0 Å². The summed E-state index contributed by atoms with van der Waals surface area (Å²) in [4.78, 5) is 0. The lowest BCUT2D eigenvalue weighted by Crippen LogP contribution is -2.41. The molecule has 0 amide bonds. The molecule has 0 spiro atoms. The Morgan fingerprint density at radius 1 is 1.47 bits per heavy atom. The summed E-state index contributed by atoms with van der Waals surface area (Å²) in [5.41, 5.74) is 1.44. The number of nitrogens with zero attached hydrogens (tertiary/aromatic N) is 2. The van der Waals surface area contributed by atoms with E-state index in [0.717, 1.165) is 28.8 Å². The Morgan fingerprint density at radius 3 is 2.68 bits per heavy atom. The summed E-state index contributed by atoms with van der Waals surface area (Å²) in [5.74, 6) is 0. The second kappa shape index (κ2) is 5.94. The minimum absolute atomic E-state index is 0.619. The molecule has 1 atom stereocenters. The summed E-state index contributed by atoms with van der Waals surface area (Å²) in [5, 5.41) is 18.5. The molecular formula is C14H24BrN3O. The monoisotopic (exact) mass is 329 g/mol. The lowest BCUT2D eigenvalue weighted by Gasteiger charge is -2.24. The molecule has 0 aromatic carbocycles. The SMILES string of the molecule is CCc1nn(CC)c(CC(C)(O)CNC2CC2)c1Br. The molecule has 0 radical (unpaired) electrons. The molecule has 1 saturated carbocycles. The van der Waals surface area contributed by atoms with Gasteiger partial charge in [0.05, 0.1) is 21.5 Å². The lowest BCUT2D eigenvalue weighted by molar-refractivity contribution is 0.0575. The molecule has 0 aliphatic heterocycles. The minimum Gasteiger partial charge on any atom is -0.388 e. The Balaban J connectivity index is 2.09. The van der Waals surface area contributed by atoms with Gasteiger partial charge in [-0.1, -0.05) is 6.92 Å². The first-order valence-corrected chi connectivity index (χ1v) is 7.96. The normalized spacial score (nSPS) is 18.6. The summed E-state index contributed by atoms with van der Waals surface area (Å²) in [6, 6.07) is 0.622. The van der Waals surface area contributed by atoms with Crippen LogP contribution in [-0.2, 0) is 19.4 Å². The van der Waals surface area contributed by atoms with Crippen LogP contribution in [-0.4, -0.2) is 33.1 Å². The van der Waals surface area contributed by atoms with Crippen LogP contribution < -0.4 is 5.32 Å². The van der Waals surface area contributed by atoms with E-state index in [2.05, 4.69) is 40.2 Å². The van der Waals surface area contributed by atoms with Crippen LogP contribution in [0.2, 0.25) is 0 Å². The first-order chi connectivity index (χ1) is 8.96. The average Bonchev–Trinajstić information content (AvgIpc) is 3.15. The molecule has 1 aromatic rings. The Kier molecular flexibility index (Phi) is 4.69. The van der Waals surface area contributed by atoms with Gasteiger partial charge in [-0.2, -0.15) is 5.10 Å². The summed E-state index contributed by atoms with van der Waals surface area (Å²) < 4.78 is 3.05. The zero-order valence-corrected chi connectivity index (χ0v) is 13.6. The van der Waals surface area contributed by atoms with E-state index < -0.39 is 5.60 Å². The first-order valence-electron chi connectivity index (χ1n) is 7.16. The van der Waals surface area contributed by atoms with E-state index in [4.69, 9.17) is 0 Å². The van der Waals surface area contributed by atoms with Gasteiger partial charge in [-0.25, -0.2) is 0 Å². The van der Waals surface area contributed by atoms with Crippen molar-refractivity contribution in [3.63, 3.8) is 0 Å². The van der Waals surface area contributed by atoms with Crippen LogP contribution in [0.25, 0.3) is 0 Å². The molecule has 2 rings (SSSR count). The highest BCUT2D eigenvalue weighted by Gasteiger charge is 2.29. The predicted octanol–water partition coefficient (Wildman–Crippen LogP) is 2.27. The lowest BCUT2D eigenvalue weighted by atomic mass is 9.99.